The van der Waals surface area contributed by atoms with Gasteiger partial charge in [0.1, 0.15) is 18.2 Å². The van der Waals surface area contributed by atoms with E-state index in [1.807, 2.05) is 48.7 Å². The number of nitrogens with two attached hydrogens (primary N) is 1. The zero-order chi connectivity index (χ0) is 36.4. The third kappa shape index (κ3) is 14.6. The summed E-state index contributed by atoms with van der Waals surface area (Å²) in [6.45, 7) is 7.99. The lowest BCUT2D eigenvalue weighted by Gasteiger charge is -2.24. The van der Waals surface area contributed by atoms with E-state index in [1.165, 1.54) is 20.8 Å². The van der Waals surface area contributed by atoms with Gasteiger partial charge in [0.15, 0.2) is 17.0 Å². The summed E-state index contributed by atoms with van der Waals surface area (Å²) in [7, 11) is 0. The van der Waals surface area contributed by atoms with Crippen LogP contribution in [-0.4, -0.2) is 74.9 Å². The first-order chi connectivity index (χ1) is 23.2. The summed E-state index contributed by atoms with van der Waals surface area (Å²) in [5, 5.41) is 32.9. The van der Waals surface area contributed by atoms with Crippen molar-refractivity contribution in [2.45, 2.75) is 90.5 Å². The third-order valence-electron chi connectivity index (χ3n) is 7.09. The molecule has 268 valence electrons. The molecule has 1 amide bonds. The molecule has 0 bridgehead atoms. The number of unbranched alkanes of at least 4 members (excludes halogenated alkanes) is 2. The molecule has 7 N–H and O–H groups in total. The number of hydrogen-bond donors (Lipinski definition) is 6. The first kappa shape index (κ1) is 40.0. The summed E-state index contributed by atoms with van der Waals surface area (Å²) in [6, 6.07) is 16.0. The van der Waals surface area contributed by atoms with Crippen LogP contribution in [0.3, 0.4) is 0 Å². The Morgan fingerprint density at radius 3 is 2.35 bits per heavy atom. The molecule has 0 aliphatic heterocycles. The Labute approximate surface area is 286 Å². The van der Waals surface area contributed by atoms with Crippen molar-refractivity contribution in [2.75, 3.05) is 13.1 Å². The van der Waals surface area contributed by atoms with E-state index >= 15 is 0 Å². The number of nitrogens with one attached hydrogen (secondary N) is 4. The number of H-pyrrole nitrogens is 1. The van der Waals surface area contributed by atoms with Crippen LogP contribution >= 0.6 is 0 Å². The van der Waals surface area contributed by atoms with Gasteiger partial charge in [0.05, 0.1) is 0 Å². The van der Waals surface area contributed by atoms with Gasteiger partial charge < -0.3 is 35.9 Å². The number of nitro groups is 1. The molecule has 0 fully saturated rings. The van der Waals surface area contributed by atoms with Crippen molar-refractivity contribution in [3.63, 3.8) is 0 Å². The van der Waals surface area contributed by atoms with Crippen LogP contribution in [0.25, 0.3) is 10.9 Å². The summed E-state index contributed by atoms with van der Waals surface area (Å²) < 4.78 is 10.4. The summed E-state index contributed by atoms with van der Waals surface area (Å²) in [4.78, 5) is 50.1. The number of aliphatic carboxylic acids is 1. The minimum atomic E-state index is -1.68. The highest BCUT2D eigenvalue weighted by Gasteiger charge is 2.41. The van der Waals surface area contributed by atoms with Crippen molar-refractivity contribution in [1.82, 2.24) is 20.6 Å². The number of aromatic amines is 1. The van der Waals surface area contributed by atoms with Gasteiger partial charge in [-0.15, -0.1) is 0 Å². The summed E-state index contributed by atoms with van der Waals surface area (Å²) >= 11 is 0. The molecule has 1 heterocycles. The fourth-order valence-electron chi connectivity index (χ4n) is 4.73. The van der Waals surface area contributed by atoms with Crippen LogP contribution in [0.15, 0.2) is 60.8 Å². The van der Waals surface area contributed by atoms with E-state index in [2.05, 4.69) is 34.7 Å². The Morgan fingerprint density at radius 2 is 1.73 bits per heavy atom. The normalized spacial score (nSPS) is 12.2. The zero-order valence-electron chi connectivity index (χ0n) is 28.6. The first-order valence-electron chi connectivity index (χ1n) is 16.2. The van der Waals surface area contributed by atoms with E-state index in [0.29, 0.717) is 13.0 Å². The lowest BCUT2D eigenvalue weighted by molar-refractivity contribution is -0.641. The molecule has 1 aromatic heterocycles. The molecule has 2 atom stereocenters. The number of amides is 1. The van der Waals surface area contributed by atoms with E-state index in [-0.39, 0.29) is 42.4 Å². The molecule has 3 rings (SSSR count). The number of carbonyl (C=O) groups excluding carboxylic acids is 2. The van der Waals surface area contributed by atoms with Gasteiger partial charge >= 0.3 is 18.0 Å². The number of rotatable bonds is 17. The monoisotopic (exact) mass is 683 g/mol. The highest BCUT2D eigenvalue weighted by Crippen LogP contribution is 2.20. The molecule has 0 radical (unpaired) electrons. The number of aromatic nitrogens is 1. The molecular formula is C34H49N7O8. The van der Waals surface area contributed by atoms with E-state index in [0.717, 1.165) is 47.8 Å². The van der Waals surface area contributed by atoms with Crippen molar-refractivity contribution in [2.24, 2.45) is 5.73 Å². The Balaban J connectivity index is 0.000000349. The Bertz CT molecular complexity index is 1510. The standard InChI is InChI=1S/C23H28N2O2.C11H21N5O6/c1-2-3-9-14-24-22(23(26)27-17-18-10-5-4-6-11-18)15-19-16-25-21-13-8-7-12-20(19)21;1-11(2,3)22-10(19)15(16(20)21)7(8(17)18)5-4-6-14-9(12)13/h4-8,10-13,16,22,24-25H,2-3,9,14-15,17H2,1H3;7H,4-6H2,1-3H3,(H,17,18)(H4,12,13,14). The van der Waals surface area contributed by atoms with Crippen LogP contribution in [0.4, 0.5) is 4.79 Å². The minimum Gasteiger partial charge on any atom is -0.480 e. The van der Waals surface area contributed by atoms with Gasteiger partial charge in [-0.25, -0.2) is 19.7 Å². The molecule has 2 unspecified atom stereocenters. The van der Waals surface area contributed by atoms with Gasteiger partial charge in [-0.1, -0.05) is 68.3 Å². The Kier molecular flexibility index (Phi) is 16.5. The Hall–Kier alpha value is -5.18. The third-order valence-corrected chi connectivity index (χ3v) is 7.09. The molecule has 2 aromatic carbocycles. The number of fused-ring (bicyclic) bond motifs is 1. The average molecular weight is 684 g/mol. The van der Waals surface area contributed by atoms with Gasteiger partial charge in [-0.3, -0.25) is 10.2 Å². The number of nitrogens with zero attached hydrogens (tertiary/aromatic N) is 2. The molecule has 0 aliphatic rings. The summed E-state index contributed by atoms with van der Waals surface area (Å²) in [5.41, 5.74) is 7.29. The van der Waals surface area contributed by atoms with E-state index in [1.54, 1.807) is 0 Å². The molecule has 49 heavy (non-hydrogen) atoms. The summed E-state index contributed by atoms with van der Waals surface area (Å²) in [6.07, 6.45) is 4.61. The molecule has 15 nitrogen and oxygen atoms in total. The SMILES string of the molecule is CC(C)(C)OC(=O)N(C(CCCNC(=N)N)C(=O)O)[N+](=O)[O-].CCCCCNC(Cc1c[nH]c2ccccc12)C(=O)OCc1ccccc1. The van der Waals surface area contributed by atoms with Crippen molar-refractivity contribution in [3.05, 3.63) is 82.0 Å². The van der Waals surface area contributed by atoms with Gasteiger partial charge in [-0.05, 0) is 68.8 Å². The second kappa shape index (κ2) is 20.2. The average Bonchev–Trinajstić information content (AvgIpc) is 3.45. The number of carbonyl (C=O) groups is 3. The highest BCUT2D eigenvalue weighted by molar-refractivity contribution is 5.84. The lowest BCUT2D eigenvalue weighted by Crippen LogP contribution is -2.50. The number of ether oxygens (including phenoxy) is 2. The largest absolute Gasteiger partial charge is 0.480 e. The predicted octanol–water partition coefficient (Wildman–Crippen LogP) is 4.73. The van der Waals surface area contributed by atoms with Crippen LogP contribution in [0, 0.1) is 15.5 Å². The van der Waals surface area contributed by atoms with E-state index < -0.39 is 28.7 Å². The predicted molar refractivity (Wildman–Crippen MR) is 185 cm³/mol. The topological polar surface area (TPSA) is 226 Å². The minimum absolute atomic E-state index is 0.0403. The maximum Gasteiger partial charge on any atom is 0.469 e. The summed E-state index contributed by atoms with van der Waals surface area (Å²) in [5.74, 6) is -2.02. The number of hydrogen-bond acceptors (Lipinski definition) is 9. The number of para-hydroxylation sites is 1. The van der Waals surface area contributed by atoms with Gasteiger partial charge in [0.2, 0.25) is 0 Å². The molecule has 3 aromatic rings. The molecule has 0 saturated carbocycles. The number of benzene rings is 2. The highest BCUT2D eigenvalue weighted by atomic mass is 16.7. The van der Waals surface area contributed by atoms with Crippen LogP contribution < -0.4 is 16.4 Å². The van der Waals surface area contributed by atoms with Gasteiger partial charge in [0, 0.05) is 30.1 Å². The first-order valence-corrected chi connectivity index (χ1v) is 16.2. The second-order valence-electron chi connectivity index (χ2n) is 12.3. The maximum absolute atomic E-state index is 12.7. The van der Waals surface area contributed by atoms with E-state index in [4.69, 9.17) is 25.7 Å². The quantitative estimate of drug-likeness (QED) is 0.0285. The van der Waals surface area contributed by atoms with Crippen LogP contribution in [0.1, 0.15) is 70.9 Å². The van der Waals surface area contributed by atoms with Crippen molar-refractivity contribution in [1.29, 1.82) is 5.41 Å². The zero-order valence-corrected chi connectivity index (χ0v) is 28.6. The molecule has 0 saturated heterocycles. The van der Waals surface area contributed by atoms with Gasteiger partial charge in [0.25, 0.3) is 0 Å². The van der Waals surface area contributed by atoms with Crippen LogP contribution in [0.5, 0.6) is 0 Å². The molecule has 0 spiro atoms. The smallest absolute Gasteiger partial charge is 0.469 e. The fourth-order valence-corrected chi connectivity index (χ4v) is 4.73. The number of carboxylic acids is 1. The van der Waals surface area contributed by atoms with Crippen molar-refractivity contribution in [3.8, 4) is 0 Å². The van der Waals surface area contributed by atoms with Gasteiger partial charge in [-0.2, -0.15) is 0 Å². The molecule has 15 heteroatoms. The Morgan fingerprint density at radius 1 is 1.06 bits per heavy atom. The van der Waals surface area contributed by atoms with Crippen LogP contribution in [0.2, 0.25) is 0 Å². The number of hydrazine groups is 1. The second-order valence-corrected chi connectivity index (χ2v) is 12.3. The molecular weight excluding hydrogens is 634 g/mol. The number of guanidine groups is 1. The van der Waals surface area contributed by atoms with Crippen molar-refractivity contribution >= 4 is 34.9 Å². The lowest BCUT2D eigenvalue weighted by atomic mass is 10.0. The number of esters is 1. The van der Waals surface area contributed by atoms with Crippen molar-refractivity contribution < 1.29 is 34.0 Å². The van der Waals surface area contributed by atoms with Crippen LogP contribution in [-0.2, 0) is 32.1 Å². The molecule has 0 aliphatic carbocycles. The van der Waals surface area contributed by atoms with E-state index in [9.17, 15) is 24.5 Å². The number of carboxylic acid groups (broad SMARTS) is 1. The fraction of sp³-hybridized carbons (Fsp3) is 0.471. The maximum atomic E-state index is 12.7.